The van der Waals surface area contributed by atoms with E-state index >= 15 is 0 Å². The van der Waals surface area contributed by atoms with Crippen LogP contribution in [-0.4, -0.2) is 21.3 Å². The summed E-state index contributed by atoms with van der Waals surface area (Å²) in [4.78, 5) is 0. The predicted molar refractivity (Wildman–Crippen MR) is 101 cm³/mol. The molecule has 110 valence electrons. The van der Waals surface area contributed by atoms with Gasteiger partial charge in [-0.2, -0.15) is 0 Å². The first kappa shape index (κ1) is 16.3. The first-order chi connectivity index (χ1) is 9.81. The molecule has 0 unspecified atom stereocenters. The van der Waals surface area contributed by atoms with Gasteiger partial charge in [-0.25, -0.2) is 0 Å². The molecule has 0 nitrogen and oxygen atoms in total. The van der Waals surface area contributed by atoms with Crippen molar-refractivity contribution in [3.8, 4) is 0 Å². The molecule has 2 aromatic rings. The molecule has 0 saturated heterocycles. The van der Waals surface area contributed by atoms with Crippen molar-refractivity contribution in [3.63, 3.8) is 0 Å². The quantitative estimate of drug-likeness (QED) is 0.670. The summed E-state index contributed by atoms with van der Waals surface area (Å²) in [6, 6.07) is 22.0. The maximum atomic E-state index is 2.65. The number of hydrogen-bond donors (Lipinski definition) is 0. The molecule has 0 aliphatic rings. The molecule has 0 N–H and O–H groups in total. The van der Waals surface area contributed by atoms with Crippen LogP contribution in [0.2, 0.25) is 30.4 Å². The van der Waals surface area contributed by atoms with Gasteiger partial charge in [0.15, 0.2) is 0 Å². The summed E-state index contributed by atoms with van der Waals surface area (Å²) >= 11 is -1.91. The van der Waals surface area contributed by atoms with Crippen molar-refractivity contribution in [2.45, 2.75) is 30.4 Å². The fourth-order valence-electron chi connectivity index (χ4n) is 2.66. The van der Waals surface area contributed by atoms with Gasteiger partial charge in [-0.1, -0.05) is 0 Å². The zero-order chi connectivity index (χ0) is 15.5. The van der Waals surface area contributed by atoms with Crippen molar-refractivity contribution in [3.05, 3.63) is 71.9 Å². The standard InChI is InChI=1S/C19H26GeSi/c1-20(2,3)19(17-12-8-6-9-13-17)16-21(4,5)18-14-10-7-11-15-18/h6-16H,1-5H3/b19-16-. The average Bonchev–Trinajstić information content (AvgIpc) is 2.46. The summed E-state index contributed by atoms with van der Waals surface area (Å²) in [5.41, 5.74) is 4.08. The SMILES string of the molecule is C[Si](C)(/C=[C](/c1ccccc1)[Ge]([CH3])([CH3])[CH3])c1ccccc1. The molecule has 2 rings (SSSR count). The van der Waals surface area contributed by atoms with Gasteiger partial charge in [-0.15, -0.1) is 0 Å². The summed E-state index contributed by atoms with van der Waals surface area (Å²) in [6.07, 6.45) is 0. The Bertz CT molecular complexity index is 607. The Hall–Kier alpha value is -1.06. The van der Waals surface area contributed by atoms with Crippen molar-refractivity contribution < 1.29 is 0 Å². The molecule has 2 heteroatoms. The van der Waals surface area contributed by atoms with Gasteiger partial charge in [-0.05, 0) is 0 Å². The summed E-state index contributed by atoms with van der Waals surface area (Å²) in [7, 11) is -1.55. The van der Waals surface area contributed by atoms with Crippen LogP contribution >= 0.6 is 0 Å². The molecule has 21 heavy (non-hydrogen) atoms. The van der Waals surface area contributed by atoms with E-state index in [9.17, 15) is 0 Å². The molecule has 0 fully saturated rings. The van der Waals surface area contributed by atoms with E-state index in [0.29, 0.717) is 0 Å². The first-order valence-electron chi connectivity index (χ1n) is 7.65. The van der Waals surface area contributed by atoms with Crippen molar-refractivity contribution in [2.75, 3.05) is 0 Å². The number of hydrogen-bond acceptors (Lipinski definition) is 0. The van der Waals surface area contributed by atoms with Gasteiger partial charge >= 0.3 is 133 Å². The van der Waals surface area contributed by atoms with Crippen molar-refractivity contribution in [1.82, 2.24) is 0 Å². The van der Waals surface area contributed by atoms with Crippen LogP contribution in [0.25, 0.3) is 4.41 Å². The Morgan fingerprint density at radius 1 is 0.810 bits per heavy atom. The number of benzene rings is 2. The van der Waals surface area contributed by atoms with Gasteiger partial charge in [-0.3, -0.25) is 0 Å². The summed E-state index contributed by atoms with van der Waals surface area (Å²) < 4.78 is 1.65. The summed E-state index contributed by atoms with van der Waals surface area (Å²) in [5.74, 6) is 7.48. The summed E-state index contributed by atoms with van der Waals surface area (Å²) in [5, 5.41) is 1.52. The van der Waals surface area contributed by atoms with Crippen LogP contribution in [0.3, 0.4) is 0 Å². The van der Waals surface area contributed by atoms with Gasteiger partial charge in [0.25, 0.3) is 0 Å². The topological polar surface area (TPSA) is 0 Å². The molecule has 0 spiro atoms. The van der Waals surface area contributed by atoms with E-state index in [1.807, 2.05) is 0 Å². The zero-order valence-electron chi connectivity index (χ0n) is 13.9. The van der Waals surface area contributed by atoms with Crippen LogP contribution in [0, 0.1) is 0 Å². The molecule has 0 aromatic heterocycles. The van der Waals surface area contributed by atoms with Gasteiger partial charge in [0.2, 0.25) is 0 Å². The third-order valence-corrected chi connectivity index (χ3v) is 11.7. The molecule has 0 radical (unpaired) electrons. The van der Waals surface area contributed by atoms with Crippen LogP contribution in [0.4, 0.5) is 0 Å². The average molecular weight is 355 g/mol. The van der Waals surface area contributed by atoms with Crippen LogP contribution < -0.4 is 5.19 Å². The van der Waals surface area contributed by atoms with E-state index in [4.69, 9.17) is 0 Å². The normalized spacial score (nSPS) is 13.3. The molecule has 0 heterocycles. The second-order valence-electron chi connectivity index (χ2n) is 7.26. The Morgan fingerprint density at radius 2 is 1.29 bits per heavy atom. The molecular formula is C19H26GeSi. The van der Waals surface area contributed by atoms with Gasteiger partial charge < -0.3 is 0 Å². The van der Waals surface area contributed by atoms with E-state index < -0.39 is 21.3 Å². The van der Waals surface area contributed by atoms with E-state index in [1.165, 1.54) is 10.8 Å². The maximum absolute atomic E-state index is 2.65. The summed E-state index contributed by atoms with van der Waals surface area (Å²) in [6.45, 7) is 4.92. The van der Waals surface area contributed by atoms with Crippen molar-refractivity contribution in [2.24, 2.45) is 0 Å². The second kappa shape index (κ2) is 6.37. The van der Waals surface area contributed by atoms with E-state index in [2.05, 4.69) is 96.7 Å². The molecule has 2 aromatic carbocycles. The van der Waals surface area contributed by atoms with Crippen LogP contribution in [0.15, 0.2) is 66.4 Å². The Labute approximate surface area is 133 Å². The van der Waals surface area contributed by atoms with Crippen LogP contribution in [-0.2, 0) is 0 Å². The van der Waals surface area contributed by atoms with Gasteiger partial charge in [0.1, 0.15) is 0 Å². The van der Waals surface area contributed by atoms with Gasteiger partial charge in [0.05, 0.1) is 0 Å². The fourth-order valence-corrected chi connectivity index (χ4v) is 12.4. The first-order valence-corrected chi connectivity index (χ1v) is 18.1. The van der Waals surface area contributed by atoms with Gasteiger partial charge in [0, 0.05) is 0 Å². The fraction of sp³-hybridized carbons (Fsp3) is 0.263. The second-order valence-corrected chi connectivity index (χ2v) is 22.1. The van der Waals surface area contributed by atoms with Crippen molar-refractivity contribution in [1.29, 1.82) is 0 Å². The van der Waals surface area contributed by atoms with Crippen LogP contribution in [0.5, 0.6) is 0 Å². The van der Waals surface area contributed by atoms with E-state index in [-0.39, 0.29) is 0 Å². The Morgan fingerprint density at radius 3 is 1.76 bits per heavy atom. The molecule has 0 atom stereocenters. The zero-order valence-corrected chi connectivity index (χ0v) is 16.9. The predicted octanol–water partition coefficient (Wildman–Crippen LogP) is 5.10. The molecule has 0 bridgehead atoms. The number of rotatable bonds is 4. The molecule has 0 amide bonds. The van der Waals surface area contributed by atoms with E-state index in [0.717, 1.165) is 0 Å². The minimum absolute atomic E-state index is 1.43. The Kier molecular flexibility index (Phi) is 4.95. The van der Waals surface area contributed by atoms with E-state index in [1.54, 1.807) is 4.41 Å². The molecule has 0 aliphatic heterocycles. The monoisotopic (exact) mass is 356 g/mol. The Balaban J connectivity index is 2.52. The van der Waals surface area contributed by atoms with Crippen LogP contribution in [0.1, 0.15) is 5.56 Å². The third-order valence-electron chi connectivity index (χ3n) is 3.92. The molecular weight excluding hydrogens is 329 g/mol. The minimum atomic E-state index is -1.91. The molecule has 0 saturated carbocycles. The van der Waals surface area contributed by atoms with Crippen molar-refractivity contribution >= 4 is 30.9 Å². The third kappa shape index (κ3) is 4.21. The molecule has 0 aliphatic carbocycles.